The number of benzene rings is 3. The lowest BCUT2D eigenvalue weighted by Crippen LogP contribution is -2.21. The van der Waals surface area contributed by atoms with Gasteiger partial charge in [-0.1, -0.05) is 30.3 Å². The van der Waals surface area contributed by atoms with E-state index in [0.717, 1.165) is 0 Å². The van der Waals surface area contributed by atoms with Crippen molar-refractivity contribution < 1.29 is 23.0 Å². The molecule has 0 atom stereocenters. The Kier molecular flexibility index (Phi) is 6.08. The Labute approximate surface area is 188 Å². The molecule has 0 unspecified atom stereocenters. The molecule has 1 amide bonds. The number of alkyl halides is 2. The second-order valence-corrected chi connectivity index (χ2v) is 7.24. The van der Waals surface area contributed by atoms with Crippen LogP contribution in [0.1, 0.15) is 10.4 Å². The van der Waals surface area contributed by atoms with Gasteiger partial charge in [0.15, 0.2) is 0 Å². The van der Waals surface area contributed by atoms with Crippen LogP contribution >= 0.6 is 0 Å². The van der Waals surface area contributed by atoms with Gasteiger partial charge in [0.1, 0.15) is 11.5 Å². The summed E-state index contributed by atoms with van der Waals surface area (Å²) >= 11 is 0. The quantitative estimate of drug-likeness (QED) is 0.446. The highest BCUT2D eigenvalue weighted by molar-refractivity contribution is 6.12. The number of aryl methyl sites for hydroxylation is 1. The first-order valence-corrected chi connectivity index (χ1v) is 10.0. The van der Waals surface area contributed by atoms with Crippen LogP contribution in [-0.4, -0.2) is 24.2 Å². The Balaban J connectivity index is 1.73. The summed E-state index contributed by atoms with van der Waals surface area (Å²) in [5.41, 5.74) is 1.84. The van der Waals surface area contributed by atoms with Crippen molar-refractivity contribution in [2.75, 3.05) is 12.4 Å². The number of halogens is 2. The van der Waals surface area contributed by atoms with Crippen LogP contribution in [0.3, 0.4) is 0 Å². The number of fused-ring (bicyclic) bond motifs is 1. The summed E-state index contributed by atoms with van der Waals surface area (Å²) in [6.45, 7) is -3.01. The Bertz CT molecular complexity index is 1380. The fourth-order valence-corrected chi connectivity index (χ4v) is 3.60. The smallest absolute Gasteiger partial charge is 0.387 e. The molecule has 0 saturated heterocycles. The van der Waals surface area contributed by atoms with Crippen molar-refractivity contribution >= 4 is 22.5 Å². The molecule has 0 radical (unpaired) electrons. The second-order valence-electron chi connectivity index (χ2n) is 7.24. The van der Waals surface area contributed by atoms with Crippen LogP contribution in [-0.2, 0) is 7.05 Å². The van der Waals surface area contributed by atoms with Crippen molar-refractivity contribution in [3.8, 4) is 22.6 Å². The molecule has 33 heavy (non-hydrogen) atoms. The van der Waals surface area contributed by atoms with Gasteiger partial charge in [0, 0.05) is 29.8 Å². The molecule has 0 aliphatic heterocycles. The fraction of sp³-hybridized carbons (Fsp3) is 0.120. The number of hydrogen-bond acceptors (Lipinski definition) is 4. The molecule has 0 spiro atoms. The number of carbonyl (C=O) groups is 1. The molecule has 0 fully saturated rings. The lowest BCUT2D eigenvalue weighted by molar-refractivity contribution is -0.0494. The summed E-state index contributed by atoms with van der Waals surface area (Å²) < 4.78 is 37.2. The minimum absolute atomic E-state index is 0.0350. The van der Waals surface area contributed by atoms with Crippen LogP contribution in [0.2, 0.25) is 0 Å². The van der Waals surface area contributed by atoms with Gasteiger partial charge >= 0.3 is 6.61 Å². The molecule has 6 nitrogen and oxygen atoms in total. The zero-order chi connectivity index (χ0) is 23.5. The SMILES string of the molecule is COc1ccc(-c2cc(NC(=O)c3cc(=O)n(C)c4ccccc34)ccc2OC(F)F)cc1. The highest BCUT2D eigenvalue weighted by atomic mass is 19.3. The van der Waals surface area contributed by atoms with Gasteiger partial charge in [-0.15, -0.1) is 0 Å². The molecule has 0 saturated carbocycles. The lowest BCUT2D eigenvalue weighted by atomic mass is 10.0. The monoisotopic (exact) mass is 450 g/mol. The van der Waals surface area contributed by atoms with E-state index in [9.17, 15) is 18.4 Å². The Morgan fingerprint density at radius 3 is 2.42 bits per heavy atom. The van der Waals surface area contributed by atoms with E-state index in [1.54, 1.807) is 61.6 Å². The van der Waals surface area contributed by atoms with Crippen LogP contribution in [0.5, 0.6) is 11.5 Å². The van der Waals surface area contributed by atoms with E-state index < -0.39 is 12.5 Å². The first kappa shape index (κ1) is 22.0. The van der Waals surface area contributed by atoms with Crippen LogP contribution in [0.15, 0.2) is 77.6 Å². The van der Waals surface area contributed by atoms with Crippen LogP contribution in [0.25, 0.3) is 22.0 Å². The zero-order valence-corrected chi connectivity index (χ0v) is 17.8. The molecule has 1 heterocycles. The third kappa shape index (κ3) is 4.55. The predicted octanol–water partition coefficient (Wildman–Crippen LogP) is 5.07. The number of rotatable bonds is 6. The topological polar surface area (TPSA) is 69.6 Å². The number of anilines is 1. The van der Waals surface area contributed by atoms with E-state index in [0.29, 0.717) is 33.5 Å². The maximum Gasteiger partial charge on any atom is 0.387 e. The molecule has 4 rings (SSSR count). The first-order valence-electron chi connectivity index (χ1n) is 10.0. The first-order chi connectivity index (χ1) is 15.9. The van der Waals surface area contributed by atoms with Crippen molar-refractivity contribution in [3.05, 3.63) is 88.7 Å². The van der Waals surface area contributed by atoms with Crippen molar-refractivity contribution in [1.82, 2.24) is 4.57 Å². The van der Waals surface area contributed by atoms with Crippen LogP contribution < -0.4 is 20.3 Å². The van der Waals surface area contributed by atoms with Gasteiger partial charge in [-0.05, 0) is 42.0 Å². The number of nitrogens with one attached hydrogen (secondary N) is 1. The van der Waals surface area contributed by atoms with E-state index in [2.05, 4.69) is 10.1 Å². The number of methoxy groups -OCH3 is 1. The van der Waals surface area contributed by atoms with Crippen molar-refractivity contribution in [2.24, 2.45) is 7.05 Å². The average molecular weight is 450 g/mol. The summed E-state index contributed by atoms with van der Waals surface area (Å²) in [7, 11) is 3.16. The number of carbonyl (C=O) groups excluding carboxylic acids is 1. The highest BCUT2D eigenvalue weighted by Gasteiger charge is 2.16. The second kappa shape index (κ2) is 9.12. The number of para-hydroxylation sites is 1. The van der Waals surface area contributed by atoms with Crippen LogP contribution in [0, 0.1) is 0 Å². The third-order valence-electron chi connectivity index (χ3n) is 5.25. The van der Waals surface area contributed by atoms with Crippen LogP contribution in [0.4, 0.5) is 14.5 Å². The molecule has 8 heteroatoms. The van der Waals surface area contributed by atoms with Crippen molar-refractivity contribution in [3.63, 3.8) is 0 Å². The molecule has 4 aromatic rings. The number of amides is 1. The molecular formula is C25H20F2N2O4. The van der Waals surface area contributed by atoms with E-state index in [4.69, 9.17) is 4.74 Å². The van der Waals surface area contributed by atoms with Gasteiger partial charge < -0.3 is 19.4 Å². The van der Waals surface area contributed by atoms with Gasteiger partial charge in [-0.25, -0.2) is 0 Å². The highest BCUT2D eigenvalue weighted by Crippen LogP contribution is 2.35. The van der Waals surface area contributed by atoms with Gasteiger partial charge in [0.05, 0.1) is 18.2 Å². The minimum atomic E-state index is -3.01. The average Bonchev–Trinajstić information content (AvgIpc) is 2.82. The largest absolute Gasteiger partial charge is 0.497 e. The maximum absolute atomic E-state index is 13.1. The molecule has 0 aliphatic carbocycles. The minimum Gasteiger partial charge on any atom is -0.497 e. The van der Waals surface area contributed by atoms with Gasteiger partial charge in [-0.3, -0.25) is 9.59 Å². The summed E-state index contributed by atoms with van der Waals surface area (Å²) in [5.74, 6) is 0.0800. The van der Waals surface area contributed by atoms with E-state index in [1.807, 2.05) is 0 Å². The summed E-state index contributed by atoms with van der Waals surface area (Å²) in [6, 6.07) is 19.5. The molecule has 1 aromatic heterocycles. The van der Waals surface area contributed by atoms with Gasteiger partial charge in [0.25, 0.3) is 11.5 Å². The predicted molar refractivity (Wildman–Crippen MR) is 122 cm³/mol. The van der Waals surface area contributed by atoms with Crippen molar-refractivity contribution in [2.45, 2.75) is 6.61 Å². The number of ether oxygens (including phenoxy) is 2. The molecule has 1 N–H and O–H groups in total. The van der Waals surface area contributed by atoms with E-state index in [-0.39, 0.29) is 16.9 Å². The zero-order valence-electron chi connectivity index (χ0n) is 17.8. The van der Waals surface area contributed by atoms with E-state index in [1.165, 1.54) is 29.9 Å². The van der Waals surface area contributed by atoms with Crippen molar-refractivity contribution in [1.29, 1.82) is 0 Å². The third-order valence-corrected chi connectivity index (χ3v) is 5.25. The standard InChI is InChI=1S/C25H20F2N2O4/c1-29-21-6-4-3-5-18(21)20(14-23(29)30)24(31)28-16-9-12-22(33-25(26)27)19(13-16)15-7-10-17(32-2)11-8-15/h3-14,25H,1-2H3,(H,28,31). The molecule has 168 valence electrons. The Morgan fingerprint density at radius 1 is 1.00 bits per heavy atom. The normalized spacial score (nSPS) is 10.9. The van der Waals surface area contributed by atoms with Gasteiger partial charge in [0.2, 0.25) is 0 Å². The molecular weight excluding hydrogens is 430 g/mol. The summed E-state index contributed by atoms with van der Waals surface area (Å²) in [5, 5.41) is 3.37. The number of hydrogen-bond donors (Lipinski definition) is 1. The Hall–Kier alpha value is -4.20. The fourth-order valence-electron chi connectivity index (χ4n) is 3.60. The number of nitrogens with zero attached hydrogens (tertiary/aromatic N) is 1. The Morgan fingerprint density at radius 2 is 1.73 bits per heavy atom. The number of pyridine rings is 1. The lowest BCUT2D eigenvalue weighted by Gasteiger charge is -2.15. The number of aromatic nitrogens is 1. The summed E-state index contributed by atoms with van der Waals surface area (Å²) in [6.07, 6.45) is 0. The van der Waals surface area contributed by atoms with E-state index >= 15 is 0 Å². The van der Waals surface area contributed by atoms with Gasteiger partial charge in [-0.2, -0.15) is 8.78 Å². The molecule has 3 aromatic carbocycles. The maximum atomic E-state index is 13.1. The molecule has 0 bridgehead atoms. The molecule has 0 aliphatic rings. The summed E-state index contributed by atoms with van der Waals surface area (Å²) in [4.78, 5) is 25.4.